The van der Waals surface area contributed by atoms with Crippen molar-refractivity contribution < 1.29 is 18.3 Å². The number of sulfonamides is 1. The van der Waals surface area contributed by atoms with Crippen LogP contribution in [0.1, 0.15) is 18.5 Å². The van der Waals surface area contributed by atoms with Crippen LogP contribution in [-0.4, -0.2) is 49.6 Å². The fraction of sp³-hybridized carbons (Fsp3) is 0.667. The molecule has 1 aliphatic rings. The van der Waals surface area contributed by atoms with Crippen molar-refractivity contribution in [2.45, 2.75) is 24.3 Å². The average Bonchev–Trinajstić information content (AvgIpc) is 2.89. The Morgan fingerprint density at radius 1 is 1.58 bits per heavy atom. The van der Waals surface area contributed by atoms with E-state index in [-0.39, 0.29) is 17.4 Å². The lowest BCUT2D eigenvalue weighted by Crippen LogP contribution is -2.40. The van der Waals surface area contributed by atoms with Gasteiger partial charge < -0.3 is 14.8 Å². The minimum absolute atomic E-state index is 0.193. The molecule has 0 aromatic carbocycles. The Balaban J connectivity index is 2.14. The van der Waals surface area contributed by atoms with E-state index in [1.807, 2.05) is 0 Å². The Bertz CT molecular complexity index is 510. The van der Waals surface area contributed by atoms with E-state index >= 15 is 0 Å². The first kappa shape index (κ1) is 14.5. The molecule has 1 aliphatic heterocycles. The molecule has 1 fully saturated rings. The number of hydrogen-bond donors (Lipinski definition) is 2. The van der Waals surface area contributed by atoms with E-state index < -0.39 is 10.0 Å². The van der Waals surface area contributed by atoms with Gasteiger partial charge in [-0.3, -0.25) is 0 Å². The van der Waals surface area contributed by atoms with Crippen LogP contribution < -0.4 is 0 Å². The van der Waals surface area contributed by atoms with Crippen molar-refractivity contribution in [1.29, 1.82) is 0 Å². The Morgan fingerprint density at radius 3 is 3.00 bits per heavy atom. The lowest BCUT2D eigenvalue weighted by Gasteiger charge is -2.31. The van der Waals surface area contributed by atoms with E-state index in [9.17, 15) is 8.42 Å². The molecule has 2 rings (SSSR count). The van der Waals surface area contributed by atoms with Crippen LogP contribution in [0, 0.1) is 5.92 Å². The third-order valence-electron chi connectivity index (χ3n) is 3.41. The second-order valence-electron chi connectivity index (χ2n) is 4.85. The summed E-state index contributed by atoms with van der Waals surface area (Å²) in [4.78, 5) is 2.97. The van der Waals surface area contributed by atoms with Crippen LogP contribution in [0.2, 0.25) is 0 Å². The van der Waals surface area contributed by atoms with E-state index in [4.69, 9.17) is 9.84 Å². The molecular weight excluding hydrogens is 268 g/mol. The van der Waals surface area contributed by atoms with Crippen molar-refractivity contribution >= 4 is 10.0 Å². The third-order valence-corrected chi connectivity index (χ3v) is 5.25. The third kappa shape index (κ3) is 3.17. The fourth-order valence-electron chi connectivity index (χ4n) is 2.43. The molecule has 0 aliphatic carbocycles. The Morgan fingerprint density at radius 2 is 2.37 bits per heavy atom. The van der Waals surface area contributed by atoms with Crippen LogP contribution in [0.4, 0.5) is 0 Å². The van der Waals surface area contributed by atoms with Crippen LogP contribution in [0.3, 0.4) is 0 Å². The second kappa shape index (κ2) is 6.04. The summed E-state index contributed by atoms with van der Waals surface area (Å²) >= 11 is 0. The van der Waals surface area contributed by atoms with Crippen molar-refractivity contribution in [3.05, 3.63) is 18.0 Å². The molecule has 2 heterocycles. The van der Waals surface area contributed by atoms with Crippen molar-refractivity contribution in [3.63, 3.8) is 0 Å². The first-order chi connectivity index (χ1) is 9.07. The predicted octanol–water partition coefficient (Wildman–Crippen LogP) is 0.554. The SMILES string of the molecule is COCC1CCCN(S(=O)(=O)c2c[nH]c(CO)c2)C1. The quantitative estimate of drug-likeness (QED) is 0.829. The second-order valence-corrected chi connectivity index (χ2v) is 6.78. The van der Waals surface area contributed by atoms with Crippen LogP contribution in [0.5, 0.6) is 0 Å². The molecule has 0 spiro atoms. The van der Waals surface area contributed by atoms with Crippen LogP contribution in [0.15, 0.2) is 17.2 Å². The van der Waals surface area contributed by atoms with Crippen molar-refractivity contribution in [2.75, 3.05) is 26.8 Å². The molecule has 1 atom stereocenters. The smallest absolute Gasteiger partial charge is 0.244 e. The number of H-pyrrole nitrogens is 1. The van der Waals surface area contributed by atoms with Gasteiger partial charge in [-0.05, 0) is 24.8 Å². The number of aromatic nitrogens is 1. The first-order valence-electron chi connectivity index (χ1n) is 6.35. The summed E-state index contributed by atoms with van der Waals surface area (Å²) in [5.41, 5.74) is 0.504. The van der Waals surface area contributed by atoms with Gasteiger partial charge >= 0.3 is 0 Å². The lowest BCUT2D eigenvalue weighted by atomic mass is 10.0. The number of ether oxygens (including phenoxy) is 1. The van der Waals surface area contributed by atoms with Crippen molar-refractivity contribution in [2.24, 2.45) is 5.92 Å². The van der Waals surface area contributed by atoms with Crippen molar-refractivity contribution in [1.82, 2.24) is 9.29 Å². The predicted molar refractivity (Wildman–Crippen MR) is 70.1 cm³/mol. The highest BCUT2D eigenvalue weighted by molar-refractivity contribution is 7.89. The van der Waals surface area contributed by atoms with Crippen LogP contribution in [0.25, 0.3) is 0 Å². The van der Waals surface area contributed by atoms with Gasteiger partial charge in [-0.2, -0.15) is 4.31 Å². The molecule has 2 N–H and O–H groups in total. The van der Waals surface area contributed by atoms with Gasteiger partial charge in [-0.25, -0.2) is 8.42 Å². The van der Waals surface area contributed by atoms with Gasteiger partial charge in [0.25, 0.3) is 0 Å². The van der Waals surface area contributed by atoms with E-state index in [0.29, 0.717) is 25.4 Å². The number of aromatic amines is 1. The van der Waals surface area contributed by atoms with Gasteiger partial charge in [0.15, 0.2) is 0 Å². The van der Waals surface area contributed by atoms with Crippen molar-refractivity contribution in [3.8, 4) is 0 Å². The Hall–Kier alpha value is -0.890. The van der Waals surface area contributed by atoms with Crippen LogP contribution >= 0.6 is 0 Å². The van der Waals surface area contributed by atoms with Gasteiger partial charge in [-0.15, -0.1) is 0 Å². The number of rotatable bonds is 5. The Kier molecular flexibility index (Phi) is 4.62. The average molecular weight is 288 g/mol. The molecule has 0 bridgehead atoms. The largest absolute Gasteiger partial charge is 0.390 e. The van der Waals surface area contributed by atoms with E-state index in [0.717, 1.165) is 12.8 Å². The molecular formula is C12H20N2O4S. The summed E-state index contributed by atoms with van der Waals surface area (Å²) in [6, 6.07) is 1.48. The summed E-state index contributed by atoms with van der Waals surface area (Å²) < 4.78 is 31.5. The monoisotopic (exact) mass is 288 g/mol. The van der Waals surface area contributed by atoms with Gasteiger partial charge in [-0.1, -0.05) is 0 Å². The summed E-state index contributed by atoms with van der Waals surface area (Å²) in [6.07, 6.45) is 3.28. The minimum atomic E-state index is -3.47. The molecule has 1 saturated heterocycles. The highest BCUT2D eigenvalue weighted by Gasteiger charge is 2.30. The van der Waals surface area contributed by atoms with Gasteiger partial charge in [0.05, 0.1) is 18.1 Å². The molecule has 1 aromatic rings. The van der Waals surface area contributed by atoms with Gasteiger partial charge in [0, 0.05) is 32.1 Å². The fourth-order valence-corrected chi connectivity index (χ4v) is 4.00. The summed E-state index contributed by atoms with van der Waals surface area (Å²) in [5, 5.41) is 8.98. The van der Waals surface area contributed by atoms with E-state index in [2.05, 4.69) is 4.98 Å². The number of aliphatic hydroxyl groups excluding tert-OH is 1. The standard InChI is InChI=1S/C12H20N2O4S/c1-18-9-10-3-2-4-14(7-10)19(16,17)12-5-11(8-15)13-6-12/h5-6,10,13,15H,2-4,7-9H2,1H3. The minimum Gasteiger partial charge on any atom is -0.390 e. The summed E-state index contributed by atoms with van der Waals surface area (Å²) in [5.74, 6) is 0.254. The Labute approximate surface area is 113 Å². The zero-order chi connectivity index (χ0) is 13.9. The first-order valence-corrected chi connectivity index (χ1v) is 7.79. The topological polar surface area (TPSA) is 82.6 Å². The number of methoxy groups -OCH3 is 1. The lowest BCUT2D eigenvalue weighted by molar-refractivity contribution is 0.118. The number of nitrogens with one attached hydrogen (secondary N) is 1. The highest BCUT2D eigenvalue weighted by atomic mass is 32.2. The van der Waals surface area contributed by atoms with Crippen LogP contribution in [-0.2, 0) is 21.4 Å². The molecule has 1 aromatic heterocycles. The van der Waals surface area contributed by atoms with E-state index in [1.165, 1.54) is 16.6 Å². The molecule has 0 saturated carbocycles. The number of hydrogen-bond acceptors (Lipinski definition) is 4. The maximum Gasteiger partial charge on any atom is 0.244 e. The number of nitrogens with zero attached hydrogens (tertiary/aromatic N) is 1. The number of aliphatic hydroxyl groups is 1. The summed E-state index contributed by atoms with van der Waals surface area (Å²) in [6.45, 7) is 1.43. The zero-order valence-corrected chi connectivity index (χ0v) is 11.8. The maximum absolute atomic E-state index is 12.4. The molecule has 19 heavy (non-hydrogen) atoms. The van der Waals surface area contributed by atoms with E-state index in [1.54, 1.807) is 7.11 Å². The van der Waals surface area contributed by atoms with Gasteiger partial charge in [0.2, 0.25) is 10.0 Å². The zero-order valence-electron chi connectivity index (χ0n) is 11.0. The number of piperidine rings is 1. The highest BCUT2D eigenvalue weighted by Crippen LogP contribution is 2.24. The molecule has 0 radical (unpaired) electrons. The molecule has 0 amide bonds. The molecule has 6 nitrogen and oxygen atoms in total. The normalized spacial score (nSPS) is 21.7. The molecule has 108 valence electrons. The summed E-state index contributed by atoms with van der Waals surface area (Å²) in [7, 11) is -1.84. The molecule has 7 heteroatoms. The maximum atomic E-state index is 12.4. The molecule has 1 unspecified atom stereocenters. The van der Waals surface area contributed by atoms with Gasteiger partial charge in [0.1, 0.15) is 0 Å².